The minimum Gasteiger partial charge on any atom is -0.369 e. The summed E-state index contributed by atoms with van der Waals surface area (Å²) in [6.07, 6.45) is 3.39. The van der Waals surface area contributed by atoms with E-state index in [2.05, 4.69) is 28.7 Å². The van der Waals surface area contributed by atoms with E-state index in [0.29, 0.717) is 23.7 Å². The molecule has 0 aliphatic carbocycles. The van der Waals surface area contributed by atoms with E-state index in [9.17, 15) is 4.39 Å². The van der Waals surface area contributed by atoms with Crippen LogP contribution in [0.5, 0.6) is 0 Å². The minimum absolute atomic E-state index is 0.0732. The number of guanidine groups is 2. The van der Waals surface area contributed by atoms with E-state index in [1.165, 1.54) is 18.6 Å². The van der Waals surface area contributed by atoms with Crippen molar-refractivity contribution in [2.75, 3.05) is 0 Å². The lowest BCUT2D eigenvalue weighted by Gasteiger charge is -2.39. The van der Waals surface area contributed by atoms with Gasteiger partial charge in [0.2, 0.25) is 5.96 Å². The fourth-order valence-electron chi connectivity index (χ4n) is 2.72. The molecule has 2 rings (SSSR count). The van der Waals surface area contributed by atoms with Gasteiger partial charge in [0.15, 0.2) is 5.96 Å². The Kier molecular flexibility index (Phi) is 4.77. The number of nitrogens with two attached hydrogens (primary N) is 2. The molecule has 6 heteroatoms. The number of rotatable bonds is 1. The summed E-state index contributed by atoms with van der Waals surface area (Å²) >= 11 is 0. The normalized spacial score (nSPS) is 24.2. The summed E-state index contributed by atoms with van der Waals surface area (Å²) in [5.74, 6) is 0.147. The molecule has 2 atom stereocenters. The van der Waals surface area contributed by atoms with Crippen molar-refractivity contribution in [3.8, 4) is 0 Å². The summed E-state index contributed by atoms with van der Waals surface area (Å²) in [7, 11) is 0. The molecule has 0 amide bonds. The van der Waals surface area contributed by atoms with Crippen LogP contribution in [0.3, 0.4) is 0 Å². The van der Waals surface area contributed by atoms with Crippen molar-refractivity contribution in [1.82, 2.24) is 4.90 Å². The number of benzene rings is 1. The second-order valence-corrected chi connectivity index (χ2v) is 5.45. The number of hydrogen-bond donors (Lipinski definition) is 2. The minimum atomic E-state index is -0.313. The Morgan fingerprint density at radius 2 is 1.71 bits per heavy atom. The van der Waals surface area contributed by atoms with Gasteiger partial charge in [-0.3, -0.25) is 0 Å². The lowest BCUT2D eigenvalue weighted by atomic mass is 9.98. The number of nitrogens with zero attached hydrogens (tertiary/aromatic N) is 3. The van der Waals surface area contributed by atoms with E-state index in [4.69, 9.17) is 11.5 Å². The second kappa shape index (κ2) is 6.56. The molecule has 1 aromatic carbocycles. The summed E-state index contributed by atoms with van der Waals surface area (Å²) in [5, 5.41) is 0. The first-order chi connectivity index (χ1) is 9.97. The van der Waals surface area contributed by atoms with Gasteiger partial charge in [0.05, 0.1) is 5.69 Å². The summed E-state index contributed by atoms with van der Waals surface area (Å²) in [5.41, 5.74) is 12.4. The molecule has 4 N–H and O–H groups in total. The second-order valence-electron chi connectivity index (χ2n) is 5.45. The zero-order valence-electron chi connectivity index (χ0n) is 12.5. The van der Waals surface area contributed by atoms with Crippen molar-refractivity contribution in [2.24, 2.45) is 21.5 Å². The van der Waals surface area contributed by atoms with Crippen molar-refractivity contribution >= 4 is 17.6 Å². The van der Waals surface area contributed by atoms with E-state index >= 15 is 0 Å². The smallest absolute Gasteiger partial charge is 0.223 e. The third-order valence-electron chi connectivity index (χ3n) is 3.76. The van der Waals surface area contributed by atoms with Gasteiger partial charge in [0.1, 0.15) is 5.82 Å². The zero-order chi connectivity index (χ0) is 15.4. The Bertz CT molecular complexity index is 527. The van der Waals surface area contributed by atoms with Crippen LogP contribution in [0.4, 0.5) is 10.1 Å². The van der Waals surface area contributed by atoms with Crippen molar-refractivity contribution in [3.05, 3.63) is 30.1 Å². The largest absolute Gasteiger partial charge is 0.369 e. The molecule has 1 saturated heterocycles. The number of piperidine rings is 1. The van der Waals surface area contributed by atoms with Gasteiger partial charge in [0.25, 0.3) is 0 Å². The summed E-state index contributed by atoms with van der Waals surface area (Å²) in [6, 6.07) is 6.43. The van der Waals surface area contributed by atoms with Crippen LogP contribution in [-0.2, 0) is 0 Å². The molecule has 0 bridgehead atoms. The van der Waals surface area contributed by atoms with Gasteiger partial charge in [-0.2, -0.15) is 4.99 Å². The summed E-state index contributed by atoms with van der Waals surface area (Å²) in [4.78, 5) is 10.4. The number of halogens is 1. The van der Waals surface area contributed by atoms with Crippen LogP contribution >= 0.6 is 0 Å². The van der Waals surface area contributed by atoms with E-state index in [1.807, 2.05) is 0 Å². The van der Waals surface area contributed by atoms with Crippen molar-refractivity contribution in [2.45, 2.75) is 45.2 Å². The van der Waals surface area contributed by atoms with Gasteiger partial charge in [-0.15, -0.1) is 0 Å². The third kappa shape index (κ3) is 3.93. The molecule has 1 fully saturated rings. The van der Waals surface area contributed by atoms with E-state index in [0.717, 1.165) is 12.8 Å². The predicted octanol–water partition coefficient (Wildman–Crippen LogP) is 2.35. The molecule has 1 aromatic rings. The van der Waals surface area contributed by atoms with Gasteiger partial charge in [-0.05, 0) is 57.4 Å². The Morgan fingerprint density at radius 1 is 1.14 bits per heavy atom. The maximum atomic E-state index is 12.8. The van der Waals surface area contributed by atoms with Crippen molar-refractivity contribution < 1.29 is 4.39 Å². The highest BCUT2D eigenvalue weighted by atomic mass is 19.1. The van der Waals surface area contributed by atoms with Crippen molar-refractivity contribution in [1.29, 1.82) is 0 Å². The number of hydrogen-bond acceptors (Lipinski definition) is 1. The average molecular weight is 291 g/mol. The van der Waals surface area contributed by atoms with Crippen LogP contribution in [0.25, 0.3) is 0 Å². The topological polar surface area (TPSA) is 80.0 Å². The Balaban J connectivity index is 2.15. The first-order valence-electron chi connectivity index (χ1n) is 7.19. The SMILES string of the molecule is C[C@@H]1CCC[C@H](C)N1/C(N)=N/C(N)=Nc1ccc(F)cc1. The van der Waals surface area contributed by atoms with Gasteiger partial charge in [0, 0.05) is 12.1 Å². The summed E-state index contributed by atoms with van der Waals surface area (Å²) in [6.45, 7) is 4.26. The highest BCUT2D eigenvalue weighted by molar-refractivity contribution is 5.94. The molecule has 1 aliphatic heterocycles. The Morgan fingerprint density at radius 3 is 2.29 bits per heavy atom. The molecular formula is C15H22FN5. The first kappa shape index (κ1) is 15.3. The third-order valence-corrected chi connectivity index (χ3v) is 3.76. The fourth-order valence-corrected chi connectivity index (χ4v) is 2.72. The van der Waals surface area contributed by atoms with Crippen LogP contribution in [0, 0.1) is 5.82 Å². The zero-order valence-corrected chi connectivity index (χ0v) is 12.5. The molecule has 0 unspecified atom stereocenters. The average Bonchev–Trinajstić information content (AvgIpc) is 2.41. The lowest BCUT2D eigenvalue weighted by Crippen LogP contribution is -2.51. The monoisotopic (exact) mass is 291 g/mol. The fraction of sp³-hybridized carbons (Fsp3) is 0.467. The molecule has 1 aliphatic rings. The highest BCUT2D eigenvalue weighted by Crippen LogP contribution is 2.22. The Hall–Kier alpha value is -2.11. The molecule has 5 nitrogen and oxygen atoms in total. The molecule has 0 saturated carbocycles. The van der Waals surface area contributed by atoms with E-state index in [-0.39, 0.29) is 11.8 Å². The molecule has 114 valence electrons. The van der Waals surface area contributed by atoms with Gasteiger partial charge < -0.3 is 16.4 Å². The molecule has 0 spiro atoms. The molecule has 0 aromatic heterocycles. The van der Waals surface area contributed by atoms with E-state index in [1.54, 1.807) is 12.1 Å². The van der Waals surface area contributed by atoms with Crippen LogP contribution in [0.1, 0.15) is 33.1 Å². The first-order valence-corrected chi connectivity index (χ1v) is 7.19. The maximum absolute atomic E-state index is 12.8. The highest BCUT2D eigenvalue weighted by Gasteiger charge is 2.26. The lowest BCUT2D eigenvalue weighted by molar-refractivity contribution is 0.189. The molecule has 21 heavy (non-hydrogen) atoms. The van der Waals surface area contributed by atoms with Crippen LogP contribution in [0.2, 0.25) is 0 Å². The van der Waals surface area contributed by atoms with E-state index < -0.39 is 0 Å². The molecule has 1 heterocycles. The van der Waals surface area contributed by atoms with Crippen LogP contribution in [-0.4, -0.2) is 28.9 Å². The quantitative estimate of drug-likeness (QED) is 0.615. The standard InChI is InChI=1S/C15H22FN5/c1-10-4-3-5-11(2)21(10)15(18)20-14(17)19-13-8-6-12(16)7-9-13/h6-11H,3-5H2,1-2H3,(H4,17,18,19,20)/t10-,11+. The van der Waals surface area contributed by atoms with Gasteiger partial charge in [-0.1, -0.05) is 0 Å². The summed E-state index contributed by atoms with van der Waals surface area (Å²) < 4.78 is 12.8. The Labute approximate surface area is 124 Å². The number of aliphatic imine (C=N–C) groups is 2. The van der Waals surface area contributed by atoms with Gasteiger partial charge >= 0.3 is 0 Å². The predicted molar refractivity (Wildman–Crippen MR) is 83.9 cm³/mol. The van der Waals surface area contributed by atoms with Crippen molar-refractivity contribution in [3.63, 3.8) is 0 Å². The molecular weight excluding hydrogens is 269 g/mol. The van der Waals surface area contributed by atoms with Crippen LogP contribution < -0.4 is 11.5 Å². The maximum Gasteiger partial charge on any atom is 0.223 e. The molecule has 0 radical (unpaired) electrons. The van der Waals surface area contributed by atoms with Gasteiger partial charge in [-0.25, -0.2) is 9.38 Å². The number of likely N-dealkylation sites (tertiary alicyclic amines) is 1. The van der Waals surface area contributed by atoms with Crippen LogP contribution in [0.15, 0.2) is 34.3 Å².